The number of hydrogen-bond acceptors (Lipinski definition) is 18. The number of aliphatic hydroxyl groups excluding tert-OH is 10. The molecule has 0 spiro atoms. The molecule has 3 aliphatic heterocycles. The molecule has 3 fully saturated rings. The van der Waals surface area contributed by atoms with E-state index in [0.717, 1.165) is 6.92 Å². The molecule has 3 saturated heterocycles. The predicted octanol–water partition coefficient (Wildman–Crippen LogP) is -8.09. The fourth-order valence-corrected chi connectivity index (χ4v) is 4.88. The minimum absolute atomic E-state index is 0.480. The monoisotopic (exact) mass is 618 g/mol. The summed E-state index contributed by atoms with van der Waals surface area (Å²) in [7, 11) is 0. The topological polar surface area (TPSA) is 313 Å². The summed E-state index contributed by atoms with van der Waals surface area (Å²) in [4.78, 5) is 12.0. The molecule has 1 unspecified atom stereocenters. The van der Waals surface area contributed by atoms with Gasteiger partial charge in [0.05, 0.1) is 39.1 Å². The summed E-state index contributed by atoms with van der Waals surface area (Å²) in [6.45, 7) is -2.32. The van der Waals surface area contributed by atoms with Crippen LogP contribution in [0, 0.1) is 0 Å². The maximum Gasteiger partial charge on any atom is 0.217 e. The quantitative estimate of drug-likeness (QED) is 0.0966. The highest BCUT2D eigenvalue weighted by atomic mass is 16.7. The first-order chi connectivity index (χ1) is 19.9. The third-order valence-electron chi connectivity index (χ3n) is 7.22. The fourth-order valence-electron chi connectivity index (χ4n) is 4.88. The standard InChI is InChI=1S/C23H42N2O17/c1-7(30)25-13-19(15(33)10(4-28)39-22(13)37-6-8(31)2-26)41-23-18(36)20(16(34)11(5-29)40-23)42-21-12(24)17(35)14(32)9(3-27)38-21/h8-23,26-29,31-36H,2-6,24H2,1H3,(H,25,30)/t8?,9-,10-,11-,12-,13-,14+,15+,16+,17-,18-,19-,20+,21-,22-,23+/m1/s1. The van der Waals surface area contributed by atoms with Crippen LogP contribution in [-0.2, 0) is 33.2 Å². The molecule has 0 aromatic heterocycles. The first-order valence-electron chi connectivity index (χ1n) is 13.3. The zero-order valence-corrected chi connectivity index (χ0v) is 22.7. The van der Waals surface area contributed by atoms with Gasteiger partial charge in [0, 0.05) is 6.92 Å². The van der Waals surface area contributed by atoms with Gasteiger partial charge < -0.3 is 90.5 Å². The molecule has 3 heterocycles. The van der Waals surface area contributed by atoms with Crippen molar-refractivity contribution in [3.05, 3.63) is 0 Å². The lowest BCUT2D eigenvalue weighted by Gasteiger charge is -2.49. The van der Waals surface area contributed by atoms with Crippen LogP contribution < -0.4 is 11.1 Å². The Bertz CT molecular complexity index is 843. The summed E-state index contributed by atoms with van der Waals surface area (Å²) in [5, 5.41) is 103. The molecule has 0 aromatic carbocycles. The summed E-state index contributed by atoms with van der Waals surface area (Å²) in [5.74, 6) is -0.638. The first-order valence-corrected chi connectivity index (χ1v) is 13.3. The molecular weight excluding hydrogens is 576 g/mol. The van der Waals surface area contributed by atoms with Crippen LogP contribution in [0.15, 0.2) is 0 Å². The molecule has 13 N–H and O–H groups in total. The Morgan fingerprint density at radius 1 is 0.762 bits per heavy atom. The highest BCUT2D eigenvalue weighted by Gasteiger charge is 2.54. The van der Waals surface area contributed by atoms with Crippen molar-refractivity contribution in [3.8, 4) is 0 Å². The van der Waals surface area contributed by atoms with Gasteiger partial charge in [0.15, 0.2) is 18.9 Å². The van der Waals surface area contributed by atoms with E-state index in [2.05, 4.69) is 5.32 Å². The Kier molecular flexibility index (Phi) is 13.2. The van der Waals surface area contributed by atoms with Gasteiger partial charge in [-0.05, 0) is 0 Å². The Labute approximate surface area is 239 Å². The average molecular weight is 619 g/mol. The van der Waals surface area contributed by atoms with Crippen LogP contribution in [0.5, 0.6) is 0 Å². The van der Waals surface area contributed by atoms with Crippen molar-refractivity contribution in [1.82, 2.24) is 5.32 Å². The molecular formula is C23H42N2O17. The van der Waals surface area contributed by atoms with Crippen LogP contribution in [0.3, 0.4) is 0 Å². The van der Waals surface area contributed by atoms with Gasteiger partial charge >= 0.3 is 0 Å². The van der Waals surface area contributed by atoms with Crippen LogP contribution in [0.1, 0.15) is 6.92 Å². The van der Waals surface area contributed by atoms with Crippen LogP contribution in [0.25, 0.3) is 0 Å². The SMILES string of the molecule is CC(=O)N[C@H]1[C@H](OCC(O)CO)O[C@H](CO)[C@H](O)[C@@H]1O[C@@H]1O[C@H](CO)[C@H](O)[C@H](O[C@H]2O[C@H](CO)[C@H](O)[C@H](O)[C@H]2N)[C@H]1O. The van der Waals surface area contributed by atoms with Crippen molar-refractivity contribution >= 4 is 5.91 Å². The molecule has 42 heavy (non-hydrogen) atoms. The lowest BCUT2D eigenvalue weighted by molar-refractivity contribution is -0.366. The van der Waals surface area contributed by atoms with Gasteiger partial charge in [0.25, 0.3) is 0 Å². The van der Waals surface area contributed by atoms with Gasteiger partial charge in [-0.2, -0.15) is 0 Å². The van der Waals surface area contributed by atoms with Crippen LogP contribution in [0.2, 0.25) is 0 Å². The summed E-state index contributed by atoms with van der Waals surface area (Å²) in [5.41, 5.74) is 5.90. The maximum atomic E-state index is 12.0. The lowest BCUT2D eigenvalue weighted by atomic mass is 9.94. The van der Waals surface area contributed by atoms with E-state index >= 15 is 0 Å². The highest BCUT2D eigenvalue weighted by Crippen LogP contribution is 2.32. The van der Waals surface area contributed by atoms with E-state index in [1.165, 1.54) is 0 Å². The highest BCUT2D eigenvalue weighted by molar-refractivity contribution is 5.73. The Hall–Kier alpha value is -1.21. The summed E-state index contributed by atoms with van der Waals surface area (Å²) < 4.78 is 33.4. The number of rotatable bonds is 12. The molecule has 3 rings (SSSR count). The number of hydrogen-bond donors (Lipinski definition) is 12. The van der Waals surface area contributed by atoms with Crippen molar-refractivity contribution in [3.63, 3.8) is 0 Å². The minimum Gasteiger partial charge on any atom is -0.394 e. The van der Waals surface area contributed by atoms with E-state index in [1.54, 1.807) is 0 Å². The van der Waals surface area contributed by atoms with Crippen molar-refractivity contribution in [1.29, 1.82) is 0 Å². The van der Waals surface area contributed by atoms with Crippen molar-refractivity contribution in [2.24, 2.45) is 5.73 Å². The number of amides is 1. The molecule has 0 bridgehead atoms. The molecule has 3 aliphatic rings. The van der Waals surface area contributed by atoms with Gasteiger partial charge in [0.2, 0.25) is 5.91 Å². The molecule has 246 valence electrons. The van der Waals surface area contributed by atoms with Crippen LogP contribution in [-0.4, -0.2) is 188 Å². The maximum absolute atomic E-state index is 12.0. The molecule has 0 aromatic rings. The van der Waals surface area contributed by atoms with Crippen molar-refractivity contribution in [2.45, 2.75) is 105 Å². The van der Waals surface area contributed by atoms with Gasteiger partial charge in [-0.1, -0.05) is 0 Å². The number of nitrogens with two attached hydrogens (primary N) is 1. The number of nitrogens with one attached hydrogen (secondary N) is 1. The molecule has 19 nitrogen and oxygen atoms in total. The molecule has 0 aliphatic carbocycles. The van der Waals surface area contributed by atoms with E-state index in [0.29, 0.717) is 0 Å². The zero-order valence-electron chi connectivity index (χ0n) is 22.7. The number of carbonyl (C=O) groups is 1. The molecule has 16 atom stereocenters. The van der Waals surface area contributed by atoms with Crippen LogP contribution >= 0.6 is 0 Å². The third kappa shape index (κ3) is 7.89. The van der Waals surface area contributed by atoms with E-state index in [-0.39, 0.29) is 0 Å². The Morgan fingerprint density at radius 3 is 1.81 bits per heavy atom. The molecule has 1 amide bonds. The van der Waals surface area contributed by atoms with E-state index in [4.69, 9.17) is 39.3 Å². The van der Waals surface area contributed by atoms with Gasteiger partial charge in [-0.3, -0.25) is 4.79 Å². The van der Waals surface area contributed by atoms with E-state index < -0.39 is 137 Å². The first kappa shape index (κ1) is 35.3. The molecule has 0 radical (unpaired) electrons. The molecule has 0 saturated carbocycles. The largest absolute Gasteiger partial charge is 0.394 e. The average Bonchev–Trinajstić information content (AvgIpc) is 2.97. The molecule has 19 heteroatoms. The third-order valence-corrected chi connectivity index (χ3v) is 7.22. The van der Waals surface area contributed by atoms with Gasteiger partial charge in [0.1, 0.15) is 73.2 Å². The summed E-state index contributed by atoms with van der Waals surface area (Å²) in [6, 6.07) is -2.76. The van der Waals surface area contributed by atoms with Gasteiger partial charge in [-0.15, -0.1) is 0 Å². The summed E-state index contributed by atoms with van der Waals surface area (Å²) in [6.07, 6.45) is -22.0. The van der Waals surface area contributed by atoms with E-state index in [9.17, 15) is 50.8 Å². The second-order valence-electron chi connectivity index (χ2n) is 10.3. The number of ether oxygens (including phenoxy) is 6. The fraction of sp³-hybridized carbons (Fsp3) is 0.957. The lowest BCUT2D eigenvalue weighted by Crippen LogP contribution is -2.69. The van der Waals surface area contributed by atoms with E-state index in [1.807, 2.05) is 0 Å². The Morgan fingerprint density at radius 2 is 1.26 bits per heavy atom. The normalized spacial score (nSPS) is 45.4. The predicted molar refractivity (Wildman–Crippen MR) is 132 cm³/mol. The smallest absolute Gasteiger partial charge is 0.217 e. The second kappa shape index (κ2) is 15.7. The second-order valence-corrected chi connectivity index (χ2v) is 10.3. The van der Waals surface area contributed by atoms with Gasteiger partial charge in [-0.25, -0.2) is 0 Å². The number of aliphatic hydroxyl groups is 10. The zero-order chi connectivity index (χ0) is 31.3. The summed E-state index contributed by atoms with van der Waals surface area (Å²) >= 11 is 0. The number of carbonyl (C=O) groups excluding carboxylic acids is 1. The van der Waals surface area contributed by atoms with Crippen LogP contribution in [0.4, 0.5) is 0 Å². The van der Waals surface area contributed by atoms with Crippen molar-refractivity contribution < 1.29 is 84.3 Å². The van der Waals surface area contributed by atoms with Crippen molar-refractivity contribution in [2.75, 3.05) is 33.0 Å². The minimum atomic E-state index is -1.91. The Balaban J connectivity index is 1.86.